The molecule has 0 atom stereocenters. The van der Waals surface area contributed by atoms with Crippen molar-refractivity contribution >= 4 is 23.0 Å². The van der Waals surface area contributed by atoms with Crippen LogP contribution in [0.15, 0.2) is 48.5 Å². The molecule has 120 valence electrons. The normalized spacial score (nSPS) is 19.7. The molecule has 2 aliphatic heterocycles. The van der Waals surface area contributed by atoms with E-state index in [-0.39, 0.29) is 5.54 Å². The van der Waals surface area contributed by atoms with Crippen LogP contribution in [-0.2, 0) is 6.54 Å². The molecule has 0 aromatic heterocycles. The Morgan fingerprint density at radius 1 is 1.00 bits per heavy atom. The fourth-order valence-electron chi connectivity index (χ4n) is 3.65. The lowest BCUT2D eigenvalue weighted by Gasteiger charge is -2.46. The molecular weight excluding hydrogens is 306 g/mol. The Balaban J connectivity index is 1.41. The Morgan fingerprint density at radius 3 is 2.57 bits per heavy atom. The summed E-state index contributed by atoms with van der Waals surface area (Å²) in [6.45, 7) is 4.28. The molecule has 1 saturated heterocycles. The minimum atomic E-state index is 0.158. The highest BCUT2D eigenvalue weighted by Gasteiger charge is 2.37. The predicted octanol–water partition coefficient (Wildman–Crippen LogP) is 4.21. The number of likely N-dealkylation sites (tertiary alicyclic amines) is 1. The van der Waals surface area contributed by atoms with Crippen molar-refractivity contribution in [2.24, 2.45) is 0 Å². The van der Waals surface area contributed by atoms with Crippen LogP contribution in [0.1, 0.15) is 18.4 Å². The Kier molecular flexibility index (Phi) is 3.92. The van der Waals surface area contributed by atoms with E-state index in [0.29, 0.717) is 0 Å². The first-order chi connectivity index (χ1) is 11.2. The molecule has 0 bridgehead atoms. The molecule has 4 rings (SSSR count). The van der Waals surface area contributed by atoms with Crippen molar-refractivity contribution in [3.63, 3.8) is 0 Å². The minimum Gasteiger partial charge on any atom is -0.381 e. The standard InChI is InChI=1S/C19H22ClN3/c20-16-6-7-17-18(12-16)22-19(14-21-17)8-10-23(11-9-19)13-15-4-2-1-3-5-15/h1-7,12,21-22H,8-11,13-14H2. The van der Waals surface area contributed by atoms with Gasteiger partial charge in [-0.05, 0) is 36.6 Å². The molecule has 2 N–H and O–H groups in total. The number of piperidine rings is 1. The third kappa shape index (κ3) is 3.17. The number of hydrogen-bond acceptors (Lipinski definition) is 3. The van der Waals surface area contributed by atoms with Gasteiger partial charge in [-0.15, -0.1) is 0 Å². The zero-order chi connectivity index (χ0) is 15.7. The van der Waals surface area contributed by atoms with Crippen LogP contribution in [0.25, 0.3) is 0 Å². The summed E-state index contributed by atoms with van der Waals surface area (Å²) in [6.07, 6.45) is 2.30. The number of benzene rings is 2. The van der Waals surface area contributed by atoms with Crippen LogP contribution in [0.2, 0.25) is 5.02 Å². The second kappa shape index (κ2) is 6.06. The van der Waals surface area contributed by atoms with Crippen molar-refractivity contribution in [2.75, 3.05) is 30.3 Å². The van der Waals surface area contributed by atoms with Gasteiger partial charge in [-0.1, -0.05) is 41.9 Å². The van der Waals surface area contributed by atoms with Gasteiger partial charge in [0.15, 0.2) is 0 Å². The van der Waals surface area contributed by atoms with Crippen molar-refractivity contribution in [1.82, 2.24) is 4.90 Å². The van der Waals surface area contributed by atoms with E-state index < -0.39 is 0 Å². The van der Waals surface area contributed by atoms with E-state index in [1.165, 1.54) is 5.56 Å². The lowest BCUT2D eigenvalue weighted by Crippen LogP contribution is -2.54. The number of anilines is 2. The average Bonchev–Trinajstić information content (AvgIpc) is 2.58. The Hall–Kier alpha value is -1.71. The molecule has 0 amide bonds. The fourth-order valence-corrected chi connectivity index (χ4v) is 3.82. The number of fused-ring (bicyclic) bond motifs is 1. The van der Waals surface area contributed by atoms with E-state index in [9.17, 15) is 0 Å². The van der Waals surface area contributed by atoms with Gasteiger partial charge in [0.05, 0.1) is 16.9 Å². The molecule has 3 nitrogen and oxygen atoms in total. The van der Waals surface area contributed by atoms with E-state index in [0.717, 1.165) is 55.4 Å². The molecule has 23 heavy (non-hydrogen) atoms. The molecule has 0 saturated carbocycles. The fraction of sp³-hybridized carbons (Fsp3) is 0.368. The first-order valence-corrected chi connectivity index (χ1v) is 8.68. The maximum Gasteiger partial charge on any atom is 0.0595 e. The van der Waals surface area contributed by atoms with Crippen molar-refractivity contribution in [2.45, 2.75) is 24.9 Å². The van der Waals surface area contributed by atoms with Gasteiger partial charge in [-0.3, -0.25) is 4.90 Å². The highest BCUT2D eigenvalue weighted by molar-refractivity contribution is 6.31. The third-order valence-electron chi connectivity index (χ3n) is 5.06. The lowest BCUT2D eigenvalue weighted by molar-refractivity contribution is 0.171. The molecule has 1 fully saturated rings. The molecule has 2 aliphatic rings. The van der Waals surface area contributed by atoms with Crippen LogP contribution in [0.5, 0.6) is 0 Å². The van der Waals surface area contributed by atoms with Crippen LogP contribution in [-0.4, -0.2) is 30.1 Å². The summed E-state index contributed by atoms with van der Waals surface area (Å²) in [7, 11) is 0. The number of hydrogen-bond donors (Lipinski definition) is 2. The molecule has 0 aliphatic carbocycles. The molecule has 2 aromatic rings. The van der Waals surface area contributed by atoms with Crippen molar-refractivity contribution < 1.29 is 0 Å². The van der Waals surface area contributed by atoms with Crippen molar-refractivity contribution in [3.05, 3.63) is 59.1 Å². The number of nitrogens with one attached hydrogen (secondary N) is 2. The summed E-state index contributed by atoms with van der Waals surface area (Å²) in [5, 5.41) is 8.13. The Morgan fingerprint density at radius 2 is 1.78 bits per heavy atom. The van der Waals surface area contributed by atoms with Crippen LogP contribution in [0.4, 0.5) is 11.4 Å². The second-order valence-electron chi connectivity index (χ2n) is 6.71. The average molecular weight is 328 g/mol. The van der Waals surface area contributed by atoms with Gasteiger partial charge in [0.1, 0.15) is 0 Å². The largest absolute Gasteiger partial charge is 0.381 e. The summed E-state index contributed by atoms with van der Waals surface area (Å²) < 4.78 is 0. The van der Waals surface area contributed by atoms with Gasteiger partial charge >= 0.3 is 0 Å². The van der Waals surface area contributed by atoms with E-state index >= 15 is 0 Å². The van der Waals surface area contributed by atoms with Crippen LogP contribution < -0.4 is 10.6 Å². The van der Waals surface area contributed by atoms with Crippen molar-refractivity contribution in [1.29, 1.82) is 0 Å². The summed E-state index contributed by atoms with van der Waals surface area (Å²) in [5.41, 5.74) is 3.85. The monoisotopic (exact) mass is 327 g/mol. The molecule has 2 aromatic carbocycles. The van der Waals surface area contributed by atoms with E-state index in [2.05, 4.69) is 51.9 Å². The van der Waals surface area contributed by atoms with Crippen LogP contribution >= 0.6 is 11.6 Å². The summed E-state index contributed by atoms with van der Waals surface area (Å²) in [4.78, 5) is 2.55. The second-order valence-corrected chi connectivity index (χ2v) is 7.15. The maximum atomic E-state index is 6.14. The molecule has 1 spiro atoms. The highest BCUT2D eigenvalue weighted by Crippen LogP contribution is 2.37. The first-order valence-electron chi connectivity index (χ1n) is 8.30. The van der Waals surface area contributed by atoms with Crippen molar-refractivity contribution in [3.8, 4) is 0 Å². The third-order valence-corrected chi connectivity index (χ3v) is 5.30. The van der Waals surface area contributed by atoms with Gasteiger partial charge in [0.2, 0.25) is 0 Å². The van der Waals surface area contributed by atoms with E-state index in [4.69, 9.17) is 11.6 Å². The van der Waals surface area contributed by atoms with Crippen LogP contribution in [0.3, 0.4) is 0 Å². The van der Waals surface area contributed by atoms with E-state index in [1.54, 1.807) is 0 Å². The topological polar surface area (TPSA) is 27.3 Å². The smallest absolute Gasteiger partial charge is 0.0595 e. The molecule has 0 radical (unpaired) electrons. The van der Waals surface area contributed by atoms with Gasteiger partial charge in [0, 0.05) is 31.2 Å². The summed E-state index contributed by atoms with van der Waals surface area (Å²) in [6, 6.07) is 16.8. The lowest BCUT2D eigenvalue weighted by atomic mass is 9.85. The number of nitrogens with zero attached hydrogens (tertiary/aromatic N) is 1. The van der Waals surface area contributed by atoms with Gasteiger partial charge in [-0.25, -0.2) is 0 Å². The van der Waals surface area contributed by atoms with E-state index in [1.807, 2.05) is 12.1 Å². The number of rotatable bonds is 2. The summed E-state index contributed by atoms with van der Waals surface area (Å²) >= 11 is 6.14. The quantitative estimate of drug-likeness (QED) is 0.865. The maximum absolute atomic E-state index is 6.14. The van der Waals surface area contributed by atoms with Gasteiger partial charge in [-0.2, -0.15) is 0 Å². The molecule has 0 unspecified atom stereocenters. The zero-order valence-electron chi connectivity index (χ0n) is 13.2. The van der Waals surface area contributed by atoms with Gasteiger partial charge in [0.25, 0.3) is 0 Å². The number of halogens is 1. The molecular formula is C19H22ClN3. The SMILES string of the molecule is Clc1ccc2c(c1)NC1(CCN(Cc3ccccc3)CC1)CN2. The highest BCUT2D eigenvalue weighted by atomic mass is 35.5. The first kappa shape index (κ1) is 14.9. The molecule has 2 heterocycles. The zero-order valence-corrected chi connectivity index (χ0v) is 13.9. The summed E-state index contributed by atoms with van der Waals surface area (Å²) in [5.74, 6) is 0. The molecule has 4 heteroatoms. The van der Waals surface area contributed by atoms with Gasteiger partial charge < -0.3 is 10.6 Å². The Labute approximate surface area is 142 Å². The minimum absolute atomic E-state index is 0.158. The predicted molar refractivity (Wildman–Crippen MR) is 97.2 cm³/mol. The Bertz CT molecular complexity index is 678. The van der Waals surface area contributed by atoms with Crippen LogP contribution in [0, 0.1) is 0 Å².